The average Bonchev–Trinajstić information content (AvgIpc) is 3.03. The van der Waals surface area contributed by atoms with E-state index in [1.165, 1.54) is 30.5 Å². The van der Waals surface area contributed by atoms with Gasteiger partial charge in [-0.05, 0) is 30.3 Å². The standard InChI is InChI=1S/C19H16ClN5O4/c20-14-4-2-1-3-12(14)10-21-25-19-23-15(17(27)24-19)9-16(26)22-13-7-5-11(6-8-13)18(28)29/h1-8,10,15H,9H2,(H,22,26)(H,28,29)(H2,23,24,25,27)/b21-10-/t15-/m0/s1. The lowest BCUT2D eigenvalue weighted by atomic mass is 10.2. The molecule has 4 N–H and O–H groups in total. The van der Waals surface area contributed by atoms with Crippen molar-refractivity contribution in [3.8, 4) is 0 Å². The Hall–Kier alpha value is -3.72. The molecule has 1 aliphatic heterocycles. The molecule has 0 spiro atoms. The number of hydrazone groups is 1. The van der Waals surface area contributed by atoms with Crippen molar-refractivity contribution >= 4 is 47.2 Å². The summed E-state index contributed by atoms with van der Waals surface area (Å²) in [5, 5.41) is 18.5. The van der Waals surface area contributed by atoms with Crippen molar-refractivity contribution in [1.82, 2.24) is 10.7 Å². The van der Waals surface area contributed by atoms with Crippen LogP contribution in [0.25, 0.3) is 0 Å². The first-order valence-electron chi connectivity index (χ1n) is 8.48. The topological polar surface area (TPSA) is 132 Å². The predicted molar refractivity (Wildman–Crippen MR) is 108 cm³/mol. The maximum Gasteiger partial charge on any atom is 0.335 e. The summed E-state index contributed by atoms with van der Waals surface area (Å²) in [4.78, 5) is 39.1. The highest BCUT2D eigenvalue weighted by Crippen LogP contribution is 2.13. The summed E-state index contributed by atoms with van der Waals surface area (Å²) in [6, 6.07) is 11.9. The fraction of sp³-hybridized carbons (Fsp3) is 0.105. The van der Waals surface area contributed by atoms with Gasteiger partial charge in [0.05, 0.1) is 18.2 Å². The van der Waals surface area contributed by atoms with E-state index in [0.29, 0.717) is 16.3 Å². The van der Waals surface area contributed by atoms with Gasteiger partial charge in [0.15, 0.2) is 0 Å². The zero-order valence-electron chi connectivity index (χ0n) is 14.9. The molecular formula is C19H16ClN5O4. The summed E-state index contributed by atoms with van der Waals surface area (Å²) >= 11 is 6.02. The highest BCUT2D eigenvalue weighted by atomic mass is 35.5. The van der Waals surface area contributed by atoms with Gasteiger partial charge < -0.3 is 10.4 Å². The minimum absolute atomic E-state index is 0.107. The van der Waals surface area contributed by atoms with Gasteiger partial charge in [-0.15, -0.1) is 0 Å². The van der Waals surface area contributed by atoms with E-state index in [2.05, 4.69) is 26.2 Å². The van der Waals surface area contributed by atoms with Crippen molar-refractivity contribution in [1.29, 1.82) is 0 Å². The molecule has 1 atom stereocenters. The van der Waals surface area contributed by atoms with Crippen LogP contribution in [-0.4, -0.2) is 41.1 Å². The van der Waals surface area contributed by atoms with E-state index < -0.39 is 23.8 Å². The maximum absolute atomic E-state index is 12.1. The van der Waals surface area contributed by atoms with Crippen molar-refractivity contribution < 1.29 is 19.5 Å². The van der Waals surface area contributed by atoms with Gasteiger partial charge in [0.1, 0.15) is 6.04 Å². The number of carbonyl (C=O) groups excluding carboxylic acids is 2. The van der Waals surface area contributed by atoms with Crippen LogP contribution in [0.3, 0.4) is 0 Å². The molecule has 2 aromatic rings. The molecule has 0 radical (unpaired) electrons. The molecule has 0 bridgehead atoms. The highest BCUT2D eigenvalue weighted by Gasteiger charge is 2.28. The molecule has 10 heteroatoms. The molecule has 3 rings (SSSR count). The van der Waals surface area contributed by atoms with Gasteiger partial charge in [0.25, 0.3) is 5.91 Å². The lowest BCUT2D eigenvalue weighted by Crippen LogP contribution is -2.35. The monoisotopic (exact) mass is 413 g/mol. The number of guanidine groups is 1. The van der Waals surface area contributed by atoms with E-state index in [4.69, 9.17) is 16.7 Å². The van der Waals surface area contributed by atoms with Crippen LogP contribution < -0.4 is 16.1 Å². The lowest BCUT2D eigenvalue weighted by Gasteiger charge is -2.07. The molecule has 0 saturated carbocycles. The molecule has 0 saturated heterocycles. The van der Waals surface area contributed by atoms with Crippen LogP contribution in [0, 0.1) is 0 Å². The third-order valence-electron chi connectivity index (χ3n) is 3.90. The number of hydrogen-bond donors (Lipinski definition) is 4. The van der Waals surface area contributed by atoms with Crippen molar-refractivity contribution in [3.63, 3.8) is 0 Å². The molecule has 1 heterocycles. The molecule has 2 amide bonds. The summed E-state index contributed by atoms with van der Waals surface area (Å²) in [5.74, 6) is -1.80. The molecule has 9 nitrogen and oxygen atoms in total. The SMILES string of the molecule is O=C(C[C@@H]1N=C(N/N=C\c2ccccc2Cl)NC1=O)Nc1ccc(C(=O)O)cc1. The number of anilines is 1. The number of aliphatic imine (C=N–C) groups is 1. The lowest BCUT2D eigenvalue weighted by molar-refractivity contribution is -0.123. The fourth-order valence-electron chi connectivity index (χ4n) is 2.47. The quantitative estimate of drug-likeness (QED) is 0.423. The Labute approximate surface area is 170 Å². The van der Waals surface area contributed by atoms with Crippen molar-refractivity contribution in [2.24, 2.45) is 10.1 Å². The third kappa shape index (κ3) is 5.39. The van der Waals surface area contributed by atoms with Crippen molar-refractivity contribution in [2.75, 3.05) is 5.32 Å². The smallest absolute Gasteiger partial charge is 0.335 e. The molecule has 0 aromatic heterocycles. The van der Waals surface area contributed by atoms with Gasteiger partial charge in [-0.25, -0.2) is 15.2 Å². The average molecular weight is 414 g/mol. The summed E-state index contributed by atoms with van der Waals surface area (Å²) in [5.41, 5.74) is 3.82. The molecule has 0 unspecified atom stereocenters. The Morgan fingerprint density at radius 1 is 1.21 bits per heavy atom. The number of amides is 2. The van der Waals surface area contributed by atoms with E-state index >= 15 is 0 Å². The van der Waals surface area contributed by atoms with E-state index in [1.807, 2.05) is 6.07 Å². The van der Waals surface area contributed by atoms with Gasteiger partial charge in [-0.2, -0.15) is 5.10 Å². The number of nitrogens with zero attached hydrogens (tertiary/aromatic N) is 2. The molecule has 29 heavy (non-hydrogen) atoms. The molecule has 0 fully saturated rings. The van der Waals surface area contributed by atoms with E-state index in [9.17, 15) is 14.4 Å². The van der Waals surface area contributed by atoms with E-state index in [1.54, 1.807) is 18.2 Å². The molecule has 148 valence electrons. The number of rotatable bonds is 6. The molecular weight excluding hydrogens is 398 g/mol. The fourth-order valence-corrected chi connectivity index (χ4v) is 2.65. The Morgan fingerprint density at radius 2 is 1.93 bits per heavy atom. The Balaban J connectivity index is 1.54. The van der Waals surface area contributed by atoms with Crippen molar-refractivity contribution in [3.05, 3.63) is 64.7 Å². The van der Waals surface area contributed by atoms with Gasteiger partial charge in [-0.3, -0.25) is 14.9 Å². The van der Waals surface area contributed by atoms with Crippen molar-refractivity contribution in [2.45, 2.75) is 12.5 Å². The molecule has 1 aliphatic rings. The van der Waals surface area contributed by atoms with Crippen LogP contribution in [0.2, 0.25) is 5.02 Å². The van der Waals surface area contributed by atoms with E-state index in [-0.39, 0.29) is 17.9 Å². The van der Waals surface area contributed by atoms with Gasteiger partial charge in [0.2, 0.25) is 11.9 Å². The Bertz CT molecular complexity index is 1000. The Kier molecular flexibility index (Phi) is 6.20. The number of carboxylic acid groups (broad SMARTS) is 1. The van der Waals surface area contributed by atoms with Gasteiger partial charge in [0, 0.05) is 16.3 Å². The number of benzene rings is 2. The van der Waals surface area contributed by atoms with E-state index in [0.717, 1.165) is 0 Å². The summed E-state index contributed by atoms with van der Waals surface area (Å²) in [6.45, 7) is 0. The van der Waals surface area contributed by atoms with Crippen LogP contribution >= 0.6 is 11.6 Å². The van der Waals surface area contributed by atoms with Crippen LogP contribution in [-0.2, 0) is 9.59 Å². The number of carboxylic acids is 1. The number of aromatic carboxylic acids is 1. The number of halogens is 1. The highest BCUT2D eigenvalue weighted by molar-refractivity contribution is 6.33. The third-order valence-corrected chi connectivity index (χ3v) is 4.25. The summed E-state index contributed by atoms with van der Waals surface area (Å²) in [7, 11) is 0. The minimum atomic E-state index is -1.06. The second-order valence-electron chi connectivity index (χ2n) is 6.01. The minimum Gasteiger partial charge on any atom is -0.478 e. The van der Waals surface area contributed by atoms with Crippen LogP contribution in [0.4, 0.5) is 5.69 Å². The number of carbonyl (C=O) groups is 3. The summed E-state index contributed by atoms with van der Waals surface area (Å²) in [6.07, 6.45) is 1.31. The predicted octanol–water partition coefficient (Wildman–Crippen LogP) is 1.84. The normalized spacial score (nSPS) is 15.7. The Morgan fingerprint density at radius 3 is 2.62 bits per heavy atom. The number of nitrogens with one attached hydrogen (secondary N) is 3. The first-order chi connectivity index (χ1) is 13.9. The van der Waals surface area contributed by atoms with Gasteiger partial charge in [-0.1, -0.05) is 29.8 Å². The van der Waals surface area contributed by atoms with Crippen LogP contribution in [0.5, 0.6) is 0 Å². The molecule has 0 aliphatic carbocycles. The largest absolute Gasteiger partial charge is 0.478 e. The number of hydrogen-bond acceptors (Lipinski definition) is 6. The molecule has 2 aromatic carbocycles. The second-order valence-corrected chi connectivity index (χ2v) is 6.42. The summed E-state index contributed by atoms with van der Waals surface area (Å²) < 4.78 is 0. The van der Waals surface area contributed by atoms with Crippen LogP contribution in [0.15, 0.2) is 58.6 Å². The first kappa shape index (κ1) is 20.0. The zero-order chi connectivity index (χ0) is 20.8. The maximum atomic E-state index is 12.1. The zero-order valence-corrected chi connectivity index (χ0v) is 15.7. The van der Waals surface area contributed by atoms with Gasteiger partial charge >= 0.3 is 5.97 Å². The van der Waals surface area contributed by atoms with Crippen LogP contribution in [0.1, 0.15) is 22.3 Å². The first-order valence-corrected chi connectivity index (χ1v) is 8.85. The second kappa shape index (κ2) is 8.98.